The van der Waals surface area contributed by atoms with Gasteiger partial charge in [0.2, 0.25) is 5.95 Å². The summed E-state index contributed by atoms with van der Waals surface area (Å²) in [5, 5.41) is 5.92. The molecule has 2 aliphatic rings. The maximum atomic E-state index is 13.3. The van der Waals surface area contributed by atoms with Crippen molar-refractivity contribution in [1.29, 1.82) is 0 Å². The summed E-state index contributed by atoms with van der Waals surface area (Å²) in [7, 11) is 0. The van der Waals surface area contributed by atoms with Crippen molar-refractivity contribution in [2.75, 3.05) is 17.2 Å². The molecule has 166 valence electrons. The molecule has 2 aromatic heterocycles. The van der Waals surface area contributed by atoms with Gasteiger partial charge in [0, 0.05) is 43.8 Å². The molecule has 1 aliphatic carbocycles. The Morgan fingerprint density at radius 3 is 2.72 bits per heavy atom. The van der Waals surface area contributed by atoms with Gasteiger partial charge in [-0.25, -0.2) is 15.0 Å². The molecule has 7 nitrogen and oxygen atoms in total. The number of hydrogen-bond acceptors (Lipinski definition) is 7. The predicted octanol–water partition coefficient (Wildman–Crippen LogP) is 4.16. The lowest BCUT2D eigenvalue weighted by atomic mass is 9.99. The summed E-state index contributed by atoms with van der Waals surface area (Å²) in [4.78, 5) is 18.6. The molecule has 0 saturated heterocycles. The van der Waals surface area contributed by atoms with Gasteiger partial charge in [0.1, 0.15) is 17.7 Å². The van der Waals surface area contributed by atoms with Crippen molar-refractivity contribution in [2.45, 2.75) is 44.6 Å². The molecule has 0 unspecified atom stereocenters. The second-order valence-corrected chi connectivity index (χ2v) is 8.14. The van der Waals surface area contributed by atoms with Gasteiger partial charge < -0.3 is 10.6 Å². The Morgan fingerprint density at radius 2 is 1.97 bits per heavy atom. The van der Waals surface area contributed by atoms with E-state index in [0.29, 0.717) is 0 Å². The van der Waals surface area contributed by atoms with Crippen molar-refractivity contribution < 1.29 is 13.2 Å². The lowest BCUT2D eigenvalue weighted by Crippen LogP contribution is -2.30. The number of rotatable bonds is 6. The van der Waals surface area contributed by atoms with Crippen molar-refractivity contribution in [1.82, 2.24) is 24.8 Å². The first kappa shape index (κ1) is 20.6. The Balaban J connectivity index is 1.30. The van der Waals surface area contributed by atoms with Gasteiger partial charge in [0.25, 0.3) is 0 Å². The third-order valence-electron chi connectivity index (χ3n) is 5.59. The highest BCUT2D eigenvalue weighted by molar-refractivity contribution is 5.59. The van der Waals surface area contributed by atoms with Gasteiger partial charge >= 0.3 is 6.18 Å². The Morgan fingerprint density at radius 1 is 1.09 bits per heavy atom. The van der Waals surface area contributed by atoms with Crippen molar-refractivity contribution in [3.8, 4) is 0 Å². The summed E-state index contributed by atoms with van der Waals surface area (Å²) < 4.78 is 39.9. The van der Waals surface area contributed by atoms with Crippen molar-refractivity contribution in [3.63, 3.8) is 0 Å². The van der Waals surface area contributed by atoms with E-state index in [-0.39, 0.29) is 17.8 Å². The fraction of sp³-hybridized carbons (Fsp3) is 0.364. The van der Waals surface area contributed by atoms with E-state index >= 15 is 0 Å². The molecule has 2 N–H and O–H groups in total. The number of benzene rings is 1. The van der Waals surface area contributed by atoms with Crippen molar-refractivity contribution in [3.05, 3.63) is 65.4 Å². The maximum absolute atomic E-state index is 13.3. The molecule has 32 heavy (non-hydrogen) atoms. The fourth-order valence-electron chi connectivity index (χ4n) is 3.77. The van der Waals surface area contributed by atoms with Gasteiger partial charge in [0.05, 0.1) is 5.69 Å². The van der Waals surface area contributed by atoms with E-state index in [2.05, 4.69) is 35.5 Å². The zero-order valence-electron chi connectivity index (χ0n) is 17.2. The largest absolute Gasteiger partial charge is 0.421 e. The third kappa shape index (κ3) is 4.80. The number of nitrogens with one attached hydrogen (secondary N) is 2. The van der Waals surface area contributed by atoms with Gasteiger partial charge in [-0.05, 0) is 48.6 Å². The SMILES string of the molecule is FC(F)(F)c1cnc(Nc2ccc3c(c2)CCN(Cc2ccncn2)C3)nc1NC1CC1. The highest BCUT2D eigenvalue weighted by atomic mass is 19.4. The number of alkyl halides is 3. The number of hydrogen-bond donors (Lipinski definition) is 2. The lowest BCUT2D eigenvalue weighted by Gasteiger charge is -2.28. The van der Waals surface area contributed by atoms with Gasteiger partial charge in [-0.3, -0.25) is 4.90 Å². The van der Waals surface area contributed by atoms with Crippen LogP contribution in [0.5, 0.6) is 0 Å². The van der Waals surface area contributed by atoms with Gasteiger partial charge in [0.15, 0.2) is 0 Å². The summed E-state index contributed by atoms with van der Waals surface area (Å²) in [6.45, 7) is 2.47. The van der Waals surface area contributed by atoms with Crippen LogP contribution in [0.15, 0.2) is 43.0 Å². The standard InChI is InChI=1S/C22H22F3N7/c23-22(24,25)19-10-27-21(31-20(19)29-16-3-4-16)30-17-2-1-15-11-32(8-6-14(15)9-17)12-18-5-7-26-13-28-18/h1-2,5,7,9-10,13,16H,3-4,6,8,11-12H2,(H2,27,29,30,31). The molecule has 0 bridgehead atoms. The first-order valence-electron chi connectivity index (χ1n) is 10.5. The first-order chi connectivity index (χ1) is 15.4. The Bertz CT molecular complexity index is 1100. The molecular formula is C22H22F3N7. The van der Waals surface area contributed by atoms with Crippen LogP contribution in [-0.2, 0) is 25.7 Å². The van der Waals surface area contributed by atoms with Gasteiger partial charge in [-0.15, -0.1) is 0 Å². The quantitative estimate of drug-likeness (QED) is 0.595. The van der Waals surface area contributed by atoms with Crippen molar-refractivity contribution in [2.24, 2.45) is 0 Å². The van der Waals surface area contributed by atoms with Crippen LogP contribution in [0.2, 0.25) is 0 Å². The molecule has 3 heterocycles. The Labute approximate surface area is 183 Å². The first-order valence-corrected chi connectivity index (χ1v) is 10.5. The minimum Gasteiger partial charge on any atom is -0.367 e. The molecule has 0 radical (unpaired) electrons. The highest BCUT2D eigenvalue weighted by Gasteiger charge is 2.37. The summed E-state index contributed by atoms with van der Waals surface area (Å²) >= 11 is 0. The molecule has 5 rings (SSSR count). The Hall–Kier alpha value is -3.27. The zero-order chi connectivity index (χ0) is 22.1. The molecule has 0 spiro atoms. The Kier molecular flexibility index (Phi) is 5.38. The normalized spacial score (nSPS) is 16.5. The number of nitrogens with zero attached hydrogens (tertiary/aromatic N) is 5. The van der Waals surface area contributed by atoms with Crippen LogP contribution >= 0.6 is 0 Å². The molecule has 0 atom stereocenters. The minimum absolute atomic E-state index is 0.0490. The molecule has 0 amide bonds. The second-order valence-electron chi connectivity index (χ2n) is 8.14. The number of fused-ring (bicyclic) bond motifs is 1. The average Bonchev–Trinajstić information content (AvgIpc) is 3.58. The summed E-state index contributed by atoms with van der Waals surface area (Å²) in [5.74, 6) is -0.0295. The predicted molar refractivity (Wildman–Crippen MR) is 113 cm³/mol. The fourth-order valence-corrected chi connectivity index (χ4v) is 3.77. The highest BCUT2D eigenvalue weighted by Crippen LogP contribution is 2.36. The molecular weight excluding hydrogens is 419 g/mol. The lowest BCUT2D eigenvalue weighted by molar-refractivity contribution is -0.137. The van der Waals surface area contributed by atoms with Crippen LogP contribution < -0.4 is 10.6 Å². The smallest absolute Gasteiger partial charge is 0.367 e. The van der Waals surface area contributed by atoms with E-state index in [1.54, 1.807) is 12.5 Å². The second kappa shape index (κ2) is 8.34. The summed E-state index contributed by atoms with van der Waals surface area (Å²) in [5.41, 5.74) is 3.32. The zero-order valence-corrected chi connectivity index (χ0v) is 17.2. The topological polar surface area (TPSA) is 78.9 Å². The van der Waals surface area contributed by atoms with E-state index in [1.807, 2.05) is 24.3 Å². The van der Waals surface area contributed by atoms with E-state index in [4.69, 9.17) is 0 Å². The molecule has 3 aromatic rings. The van der Waals surface area contributed by atoms with Gasteiger partial charge in [-0.1, -0.05) is 6.07 Å². The van der Waals surface area contributed by atoms with E-state index in [0.717, 1.165) is 56.5 Å². The molecule has 1 fully saturated rings. The van der Waals surface area contributed by atoms with Crippen LogP contribution in [0.25, 0.3) is 0 Å². The summed E-state index contributed by atoms with van der Waals surface area (Å²) in [6, 6.07) is 7.93. The molecule has 1 aliphatic heterocycles. The van der Waals surface area contributed by atoms with Crippen LogP contribution in [0.3, 0.4) is 0 Å². The van der Waals surface area contributed by atoms with Gasteiger partial charge in [-0.2, -0.15) is 18.2 Å². The van der Waals surface area contributed by atoms with Crippen LogP contribution in [0, 0.1) is 0 Å². The van der Waals surface area contributed by atoms with Crippen LogP contribution in [0.1, 0.15) is 35.2 Å². The average molecular weight is 441 g/mol. The number of anilines is 3. The monoisotopic (exact) mass is 441 g/mol. The van der Waals surface area contributed by atoms with Crippen LogP contribution in [0.4, 0.5) is 30.6 Å². The molecule has 1 aromatic carbocycles. The van der Waals surface area contributed by atoms with Crippen molar-refractivity contribution >= 4 is 17.5 Å². The van der Waals surface area contributed by atoms with E-state index < -0.39 is 11.7 Å². The van der Waals surface area contributed by atoms with E-state index in [1.165, 1.54) is 11.1 Å². The minimum atomic E-state index is -4.50. The van der Waals surface area contributed by atoms with E-state index in [9.17, 15) is 13.2 Å². The van der Waals surface area contributed by atoms with Crippen LogP contribution in [-0.4, -0.2) is 37.4 Å². The molecule has 1 saturated carbocycles. The number of halogens is 3. The molecule has 10 heteroatoms. The third-order valence-corrected chi connectivity index (χ3v) is 5.59. The maximum Gasteiger partial charge on any atom is 0.421 e. The summed E-state index contributed by atoms with van der Waals surface area (Å²) in [6.07, 6.45) is 2.21. The number of aromatic nitrogens is 4.